The minimum atomic E-state index is 0.233. The summed E-state index contributed by atoms with van der Waals surface area (Å²) < 4.78 is 0. The normalized spacial score (nSPS) is 24.9. The maximum absolute atomic E-state index is 11.9. The van der Waals surface area contributed by atoms with E-state index >= 15 is 0 Å². The summed E-state index contributed by atoms with van der Waals surface area (Å²) in [5, 5.41) is 6.46. The van der Waals surface area contributed by atoms with Crippen LogP contribution in [0.5, 0.6) is 0 Å². The molecule has 1 saturated heterocycles. The van der Waals surface area contributed by atoms with Crippen molar-refractivity contribution in [2.45, 2.75) is 58.9 Å². The van der Waals surface area contributed by atoms with Crippen molar-refractivity contribution in [1.82, 2.24) is 10.6 Å². The number of unbranched alkanes of at least 4 members (excludes halogenated alkanes) is 1. The van der Waals surface area contributed by atoms with E-state index in [-0.39, 0.29) is 11.8 Å². The number of nitrogens with one attached hydrogen (secondary N) is 2. The summed E-state index contributed by atoms with van der Waals surface area (Å²) in [6.45, 7) is 8.47. The van der Waals surface area contributed by atoms with Gasteiger partial charge in [-0.15, -0.1) is 0 Å². The highest BCUT2D eigenvalue weighted by molar-refractivity contribution is 5.78. The molecule has 2 atom stereocenters. The summed E-state index contributed by atoms with van der Waals surface area (Å²) in [5.41, 5.74) is 0. The molecule has 0 bridgehead atoms. The SMILES string of the molecule is CC(C)CCCCNC(=O)C1CCNC(C)C1. The lowest BCUT2D eigenvalue weighted by atomic mass is 9.92. The number of hydrogen-bond acceptors (Lipinski definition) is 2. The molecule has 0 aromatic carbocycles. The summed E-state index contributed by atoms with van der Waals surface area (Å²) >= 11 is 0. The number of rotatable bonds is 6. The second-order valence-electron chi connectivity index (χ2n) is 5.76. The molecule has 0 saturated carbocycles. The lowest BCUT2D eigenvalue weighted by Crippen LogP contribution is -2.42. The van der Waals surface area contributed by atoms with Crippen LogP contribution in [0.15, 0.2) is 0 Å². The average Bonchev–Trinajstić information content (AvgIpc) is 2.28. The molecule has 2 unspecified atom stereocenters. The van der Waals surface area contributed by atoms with Crippen molar-refractivity contribution in [3.8, 4) is 0 Å². The molecule has 1 rings (SSSR count). The molecule has 0 radical (unpaired) electrons. The van der Waals surface area contributed by atoms with Gasteiger partial charge in [0, 0.05) is 18.5 Å². The summed E-state index contributed by atoms with van der Waals surface area (Å²) in [6.07, 6.45) is 5.57. The van der Waals surface area contributed by atoms with Gasteiger partial charge in [0.25, 0.3) is 0 Å². The standard InChI is InChI=1S/C14H28N2O/c1-11(2)6-4-5-8-16-14(17)13-7-9-15-12(3)10-13/h11-13,15H,4-10H2,1-3H3,(H,16,17). The van der Waals surface area contributed by atoms with Crippen LogP contribution in [0.25, 0.3) is 0 Å². The van der Waals surface area contributed by atoms with Gasteiger partial charge in [0.15, 0.2) is 0 Å². The first-order chi connectivity index (χ1) is 8.09. The maximum atomic E-state index is 11.9. The van der Waals surface area contributed by atoms with Crippen LogP contribution in [0.1, 0.15) is 52.9 Å². The van der Waals surface area contributed by atoms with E-state index in [0.29, 0.717) is 6.04 Å². The molecule has 1 fully saturated rings. The van der Waals surface area contributed by atoms with Crippen molar-refractivity contribution in [2.75, 3.05) is 13.1 Å². The van der Waals surface area contributed by atoms with Crippen LogP contribution in [0.4, 0.5) is 0 Å². The predicted molar refractivity (Wildman–Crippen MR) is 71.9 cm³/mol. The molecular formula is C14H28N2O. The zero-order valence-corrected chi connectivity index (χ0v) is 11.6. The van der Waals surface area contributed by atoms with Gasteiger partial charge in [0.1, 0.15) is 0 Å². The fraction of sp³-hybridized carbons (Fsp3) is 0.929. The third-order valence-electron chi connectivity index (χ3n) is 3.50. The van der Waals surface area contributed by atoms with Gasteiger partial charge in [-0.2, -0.15) is 0 Å². The number of hydrogen-bond donors (Lipinski definition) is 2. The minimum Gasteiger partial charge on any atom is -0.356 e. The van der Waals surface area contributed by atoms with Crippen molar-refractivity contribution in [2.24, 2.45) is 11.8 Å². The van der Waals surface area contributed by atoms with Gasteiger partial charge in [-0.3, -0.25) is 4.79 Å². The van der Waals surface area contributed by atoms with Gasteiger partial charge < -0.3 is 10.6 Å². The summed E-state index contributed by atoms with van der Waals surface area (Å²) in [4.78, 5) is 11.9. The first-order valence-electron chi connectivity index (χ1n) is 7.10. The van der Waals surface area contributed by atoms with E-state index in [1.54, 1.807) is 0 Å². The van der Waals surface area contributed by atoms with Crippen molar-refractivity contribution < 1.29 is 4.79 Å². The Labute approximate surface area is 106 Å². The Bertz CT molecular complexity index is 228. The first-order valence-corrected chi connectivity index (χ1v) is 7.10. The third-order valence-corrected chi connectivity index (χ3v) is 3.50. The van der Waals surface area contributed by atoms with Crippen molar-refractivity contribution in [3.63, 3.8) is 0 Å². The third kappa shape index (κ3) is 6.06. The van der Waals surface area contributed by atoms with Gasteiger partial charge in [-0.05, 0) is 38.6 Å². The van der Waals surface area contributed by atoms with Gasteiger partial charge in [0.2, 0.25) is 5.91 Å². The Morgan fingerprint density at radius 2 is 2.18 bits per heavy atom. The van der Waals surface area contributed by atoms with E-state index in [4.69, 9.17) is 0 Å². The van der Waals surface area contributed by atoms with Crippen molar-refractivity contribution in [1.29, 1.82) is 0 Å². The zero-order valence-electron chi connectivity index (χ0n) is 11.6. The summed E-state index contributed by atoms with van der Waals surface area (Å²) in [7, 11) is 0. The Kier molecular flexibility index (Phi) is 6.56. The van der Waals surface area contributed by atoms with Crippen LogP contribution in [0.2, 0.25) is 0 Å². The van der Waals surface area contributed by atoms with E-state index in [1.165, 1.54) is 12.8 Å². The lowest BCUT2D eigenvalue weighted by molar-refractivity contribution is -0.126. The highest BCUT2D eigenvalue weighted by atomic mass is 16.1. The monoisotopic (exact) mass is 240 g/mol. The molecule has 17 heavy (non-hydrogen) atoms. The topological polar surface area (TPSA) is 41.1 Å². The van der Waals surface area contributed by atoms with Gasteiger partial charge >= 0.3 is 0 Å². The van der Waals surface area contributed by atoms with E-state index in [2.05, 4.69) is 31.4 Å². The van der Waals surface area contributed by atoms with Crippen LogP contribution in [0.3, 0.4) is 0 Å². The second kappa shape index (κ2) is 7.70. The van der Waals surface area contributed by atoms with Crippen LogP contribution in [0, 0.1) is 11.8 Å². The molecule has 2 N–H and O–H groups in total. The van der Waals surface area contributed by atoms with Crippen LogP contribution < -0.4 is 10.6 Å². The molecule has 0 aromatic rings. The Morgan fingerprint density at radius 3 is 2.82 bits per heavy atom. The number of amides is 1. The quantitative estimate of drug-likeness (QED) is 0.700. The maximum Gasteiger partial charge on any atom is 0.223 e. The van der Waals surface area contributed by atoms with E-state index < -0.39 is 0 Å². The summed E-state index contributed by atoms with van der Waals surface area (Å²) in [5.74, 6) is 1.27. The van der Waals surface area contributed by atoms with Gasteiger partial charge in [0.05, 0.1) is 0 Å². The van der Waals surface area contributed by atoms with E-state index in [9.17, 15) is 4.79 Å². The Balaban J connectivity index is 2.08. The lowest BCUT2D eigenvalue weighted by Gasteiger charge is -2.27. The smallest absolute Gasteiger partial charge is 0.223 e. The molecular weight excluding hydrogens is 212 g/mol. The molecule has 0 aromatic heterocycles. The molecule has 0 aliphatic carbocycles. The Hall–Kier alpha value is -0.570. The van der Waals surface area contributed by atoms with Crippen LogP contribution in [-0.2, 0) is 4.79 Å². The van der Waals surface area contributed by atoms with E-state index in [1.807, 2.05) is 0 Å². The molecule has 1 aliphatic rings. The molecule has 1 heterocycles. The second-order valence-corrected chi connectivity index (χ2v) is 5.76. The number of carbonyl (C=O) groups excluding carboxylic acids is 1. The average molecular weight is 240 g/mol. The molecule has 0 spiro atoms. The molecule has 1 amide bonds. The minimum absolute atomic E-state index is 0.233. The van der Waals surface area contributed by atoms with Gasteiger partial charge in [-0.25, -0.2) is 0 Å². The van der Waals surface area contributed by atoms with Crippen LogP contribution in [-0.4, -0.2) is 25.0 Å². The van der Waals surface area contributed by atoms with Gasteiger partial charge in [-0.1, -0.05) is 26.7 Å². The predicted octanol–water partition coefficient (Wildman–Crippen LogP) is 2.32. The molecule has 1 aliphatic heterocycles. The molecule has 100 valence electrons. The largest absolute Gasteiger partial charge is 0.356 e. The number of piperidine rings is 1. The molecule has 3 heteroatoms. The first kappa shape index (κ1) is 14.5. The fourth-order valence-corrected chi connectivity index (χ4v) is 2.40. The van der Waals surface area contributed by atoms with Crippen molar-refractivity contribution >= 4 is 5.91 Å². The number of carbonyl (C=O) groups is 1. The van der Waals surface area contributed by atoms with Crippen molar-refractivity contribution in [3.05, 3.63) is 0 Å². The zero-order chi connectivity index (χ0) is 12.7. The highest BCUT2D eigenvalue weighted by Crippen LogP contribution is 2.16. The fourth-order valence-electron chi connectivity index (χ4n) is 2.40. The van der Waals surface area contributed by atoms with Crippen LogP contribution >= 0.6 is 0 Å². The summed E-state index contributed by atoms with van der Waals surface area (Å²) in [6, 6.07) is 0.487. The molecule has 3 nitrogen and oxygen atoms in total. The van der Waals surface area contributed by atoms with E-state index in [0.717, 1.165) is 38.3 Å². The highest BCUT2D eigenvalue weighted by Gasteiger charge is 2.23. The Morgan fingerprint density at radius 1 is 1.41 bits per heavy atom.